The van der Waals surface area contributed by atoms with Gasteiger partial charge in [0.1, 0.15) is 6.61 Å². The lowest BCUT2D eigenvalue weighted by atomic mass is 10.2. The molecule has 0 aliphatic heterocycles. The molecule has 0 atom stereocenters. The number of carboxylic acid groups (broad SMARTS) is 1. The first kappa shape index (κ1) is 17.8. The molecule has 2 aromatic carbocycles. The molecule has 0 unspecified atom stereocenters. The van der Waals surface area contributed by atoms with Gasteiger partial charge < -0.3 is 19.5 Å². The van der Waals surface area contributed by atoms with E-state index in [1.54, 1.807) is 7.11 Å². The summed E-state index contributed by atoms with van der Waals surface area (Å²) < 4.78 is 11.3. The van der Waals surface area contributed by atoms with E-state index in [2.05, 4.69) is 0 Å². The number of hydrogen-bond acceptors (Lipinski definition) is 4. The smallest absolute Gasteiger partial charge is 0.304 e. The van der Waals surface area contributed by atoms with Crippen LogP contribution in [0.4, 0.5) is 0 Å². The third kappa shape index (κ3) is 5.59. The average Bonchev–Trinajstić information content (AvgIpc) is 2.59. The molecule has 0 fully saturated rings. The molecule has 0 saturated carbocycles. The summed E-state index contributed by atoms with van der Waals surface area (Å²) in [5, 5.41) is 8.76. The molecular weight excluding hydrogens is 306 g/mol. The van der Waals surface area contributed by atoms with Crippen LogP contribution in [-0.2, 0) is 17.9 Å². The minimum absolute atomic E-state index is 0.129. The molecule has 0 aromatic heterocycles. The Hall–Kier alpha value is -2.53. The van der Waals surface area contributed by atoms with Crippen LogP contribution in [0, 0.1) is 0 Å². The van der Waals surface area contributed by atoms with Crippen molar-refractivity contribution in [1.29, 1.82) is 0 Å². The predicted octanol–water partition coefficient (Wildman–Crippen LogP) is 3.18. The molecule has 0 radical (unpaired) electrons. The largest absolute Gasteiger partial charge is 0.493 e. The molecule has 24 heavy (non-hydrogen) atoms. The van der Waals surface area contributed by atoms with Crippen LogP contribution in [0.2, 0.25) is 0 Å². The second kappa shape index (κ2) is 8.93. The van der Waals surface area contributed by atoms with Gasteiger partial charge in [0.15, 0.2) is 11.5 Å². The minimum atomic E-state index is -0.788. The fraction of sp³-hybridized carbons (Fsp3) is 0.316. The lowest BCUT2D eigenvalue weighted by Gasteiger charge is -2.17. The van der Waals surface area contributed by atoms with E-state index in [0.717, 1.165) is 11.1 Å². The Labute approximate surface area is 142 Å². The van der Waals surface area contributed by atoms with Crippen molar-refractivity contribution >= 4 is 5.97 Å². The van der Waals surface area contributed by atoms with Gasteiger partial charge in [-0.15, -0.1) is 0 Å². The second-order valence-corrected chi connectivity index (χ2v) is 5.64. The standard InChI is InChI=1S/C19H23NO4/c1-20(11-10-19(21)22)13-16-8-9-17(23-2)18(12-16)24-14-15-6-4-3-5-7-15/h3-9,12H,10-11,13-14H2,1-2H3,(H,21,22). The van der Waals surface area contributed by atoms with Crippen LogP contribution in [0.1, 0.15) is 17.5 Å². The Kier molecular flexibility index (Phi) is 6.63. The summed E-state index contributed by atoms with van der Waals surface area (Å²) in [4.78, 5) is 12.6. The first-order valence-corrected chi connectivity index (χ1v) is 7.82. The first-order valence-electron chi connectivity index (χ1n) is 7.82. The molecule has 128 valence electrons. The molecule has 0 aliphatic carbocycles. The highest BCUT2D eigenvalue weighted by atomic mass is 16.5. The van der Waals surface area contributed by atoms with E-state index in [-0.39, 0.29) is 6.42 Å². The maximum Gasteiger partial charge on any atom is 0.304 e. The maximum atomic E-state index is 10.7. The van der Waals surface area contributed by atoms with Crippen LogP contribution >= 0.6 is 0 Å². The molecule has 5 heteroatoms. The Bertz CT molecular complexity index is 658. The van der Waals surface area contributed by atoms with Crippen molar-refractivity contribution < 1.29 is 19.4 Å². The molecule has 0 spiro atoms. The maximum absolute atomic E-state index is 10.7. The summed E-state index contributed by atoms with van der Waals surface area (Å²) in [6.45, 7) is 1.62. The third-order valence-corrected chi connectivity index (χ3v) is 3.63. The number of rotatable bonds is 9. The molecule has 2 aromatic rings. The fourth-order valence-electron chi connectivity index (χ4n) is 2.34. The Morgan fingerprint density at radius 3 is 2.50 bits per heavy atom. The molecule has 0 saturated heterocycles. The number of carbonyl (C=O) groups is 1. The highest BCUT2D eigenvalue weighted by Crippen LogP contribution is 2.29. The lowest BCUT2D eigenvalue weighted by Crippen LogP contribution is -2.21. The van der Waals surface area contributed by atoms with Gasteiger partial charge in [-0.3, -0.25) is 4.79 Å². The lowest BCUT2D eigenvalue weighted by molar-refractivity contribution is -0.137. The zero-order valence-electron chi connectivity index (χ0n) is 14.1. The topological polar surface area (TPSA) is 59.0 Å². The number of methoxy groups -OCH3 is 1. The van der Waals surface area contributed by atoms with Crippen molar-refractivity contribution in [2.24, 2.45) is 0 Å². The van der Waals surface area contributed by atoms with Crippen LogP contribution in [-0.4, -0.2) is 36.7 Å². The third-order valence-electron chi connectivity index (χ3n) is 3.63. The van der Waals surface area contributed by atoms with Crippen LogP contribution in [0.25, 0.3) is 0 Å². The van der Waals surface area contributed by atoms with Gasteiger partial charge in [-0.1, -0.05) is 36.4 Å². The molecule has 0 heterocycles. The van der Waals surface area contributed by atoms with E-state index >= 15 is 0 Å². The Morgan fingerprint density at radius 2 is 1.83 bits per heavy atom. The van der Waals surface area contributed by atoms with Gasteiger partial charge in [0, 0.05) is 13.1 Å². The Morgan fingerprint density at radius 1 is 1.08 bits per heavy atom. The summed E-state index contributed by atoms with van der Waals surface area (Å²) in [5.74, 6) is 0.580. The van der Waals surface area contributed by atoms with E-state index in [9.17, 15) is 4.79 Å². The summed E-state index contributed by atoms with van der Waals surface area (Å²) in [7, 11) is 3.51. The van der Waals surface area contributed by atoms with Gasteiger partial charge in [0.2, 0.25) is 0 Å². The van der Waals surface area contributed by atoms with Gasteiger partial charge >= 0.3 is 5.97 Å². The zero-order valence-corrected chi connectivity index (χ0v) is 14.1. The summed E-state index contributed by atoms with van der Waals surface area (Å²) in [6.07, 6.45) is 0.129. The highest BCUT2D eigenvalue weighted by molar-refractivity contribution is 5.66. The van der Waals surface area contributed by atoms with Crippen molar-refractivity contribution in [2.45, 2.75) is 19.6 Å². The van der Waals surface area contributed by atoms with Crippen LogP contribution < -0.4 is 9.47 Å². The van der Waals surface area contributed by atoms with Crippen LogP contribution in [0.15, 0.2) is 48.5 Å². The monoisotopic (exact) mass is 329 g/mol. The average molecular weight is 329 g/mol. The van der Waals surface area contributed by atoms with Crippen molar-refractivity contribution in [1.82, 2.24) is 4.90 Å². The molecule has 0 bridgehead atoms. The van der Waals surface area contributed by atoms with Crippen LogP contribution in [0.5, 0.6) is 11.5 Å². The number of carboxylic acids is 1. The number of ether oxygens (including phenoxy) is 2. The second-order valence-electron chi connectivity index (χ2n) is 5.64. The van der Waals surface area contributed by atoms with Crippen molar-refractivity contribution in [3.8, 4) is 11.5 Å². The van der Waals surface area contributed by atoms with E-state index in [0.29, 0.717) is 31.2 Å². The first-order chi connectivity index (χ1) is 11.6. The number of aliphatic carboxylic acids is 1. The van der Waals surface area contributed by atoms with Gasteiger partial charge in [-0.05, 0) is 30.3 Å². The summed E-state index contributed by atoms with van der Waals surface area (Å²) >= 11 is 0. The van der Waals surface area contributed by atoms with Crippen molar-refractivity contribution in [3.63, 3.8) is 0 Å². The molecular formula is C19H23NO4. The molecule has 5 nitrogen and oxygen atoms in total. The molecule has 1 N–H and O–H groups in total. The van der Waals surface area contributed by atoms with Crippen molar-refractivity contribution in [2.75, 3.05) is 20.7 Å². The molecule has 0 amide bonds. The zero-order chi connectivity index (χ0) is 17.4. The van der Waals surface area contributed by atoms with E-state index < -0.39 is 5.97 Å². The van der Waals surface area contributed by atoms with E-state index in [1.807, 2.05) is 60.5 Å². The Balaban J connectivity index is 2.02. The van der Waals surface area contributed by atoms with Gasteiger partial charge in [-0.2, -0.15) is 0 Å². The predicted molar refractivity (Wildman–Crippen MR) is 92.4 cm³/mol. The van der Waals surface area contributed by atoms with Crippen molar-refractivity contribution in [3.05, 3.63) is 59.7 Å². The molecule has 2 rings (SSSR count). The number of hydrogen-bond donors (Lipinski definition) is 1. The minimum Gasteiger partial charge on any atom is -0.493 e. The van der Waals surface area contributed by atoms with Gasteiger partial charge in [0.05, 0.1) is 13.5 Å². The SMILES string of the molecule is COc1ccc(CN(C)CCC(=O)O)cc1OCc1ccccc1. The quantitative estimate of drug-likeness (QED) is 0.766. The summed E-state index contributed by atoms with van der Waals surface area (Å²) in [6, 6.07) is 15.7. The van der Waals surface area contributed by atoms with Crippen LogP contribution in [0.3, 0.4) is 0 Å². The fourth-order valence-corrected chi connectivity index (χ4v) is 2.34. The van der Waals surface area contributed by atoms with E-state index in [1.165, 1.54) is 0 Å². The highest BCUT2D eigenvalue weighted by Gasteiger charge is 2.09. The molecule has 0 aliphatic rings. The number of benzene rings is 2. The van der Waals surface area contributed by atoms with Gasteiger partial charge in [-0.25, -0.2) is 0 Å². The van der Waals surface area contributed by atoms with E-state index in [4.69, 9.17) is 14.6 Å². The number of nitrogens with zero attached hydrogens (tertiary/aromatic N) is 1. The normalized spacial score (nSPS) is 10.6. The summed E-state index contributed by atoms with van der Waals surface area (Å²) in [5.41, 5.74) is 2.13. The van der Waals surface area contributed by atoms with Gasteiger partial charge in [0.25, 0.3) is 0 Å².